The standard InChI is InChI=1S/C15H15N5O3S/c16-11-12-1-3-13(4-2-12)24(22,23)20-9-7-19(8-10-20)14-5-6-15(21)18-17-14/h1-6H,7-10H2,(H,18,21). The predicted molar refractivity (Wildman–Crippen MR) is 87.0 cm³/mol. The van der Waals surface area contributed by atoms with Gasteiger partial charge in [0.25, 0.3) is 5.56 Å². The highest BCUT2D eigenvalue weighted by molar-refractivity contribution is 7.89. The summed E-state index contributed by atoms with van der Waals surface area (Å²) in [6.07, 6.45) is 0. The van der Waals surface area contributed by atoms with Gasteiger partial charge in [-0.1, -0.05) is 0 Å². The number of anilines is 1. The van der Waals surface area contributed by atoms with Crippen LogP contribution in [-0.4, -0.2) is 49.1 Å². The highest BCUT2D eigenvalue weighted by Gasteiger charge is 2.28. The first kappa shape index (κ1) is 16.2. The second kappa shape index (κ2) is 6.43. The lowest BCUT2D eigenvalue weighted by Gasteiger charge is -2.34. The fourth-order valence-electron chi connectivity index (χ4n) is 2.52. The maximum Gasteiger partial charge on any atom is 0.264 e. The smallest absolute Gasteiger partial charge is 0.264 e. The van der Waals surface area contributed by atoms with Crippen LogP contribution in [0.3, 0.4) is 0 Å². The molecule has 0 amide bonds. The molecule has 1 N–H and O–H groups in total. The Bertz CT molecular complexity index is 902. The first-order chi connectivity index (χ1) is 11.5. The number of sulfonamides is 1. The van der Waals surface area contributed by atoms with Crippen molar-refractivity contribution in [2.75, 3.05) is 31.1 Å². The van der Waals surface area contributed by atoms with Crippen LogP contribution in [0.4, 0.5) is 5.82 Å². The molecule has 0 saturated carbocycles. The SMILES string of the molecule is N#Cc1ccc(S(=O)(=O)N2CCN(c3ccc(=O)[nH]n3)CC2)cc1. The minimum absolute atomic E-state index is 0.178. The van der Waals surface area contributed by atoms with Crippen molar-refractivity contribution >= 4 is 15.8 Å². The molecule has 3 rings (SSSR count). The molecule has 0 unspecified atom stereocenters. The molecular weight excluding hydrogens is 330 g/mol. The van der Waals surface area contributed by atoms with Crippen LogP contribution >= 0.6 is 0 Å². The molecule has 1 aliphatic heterocycles. The number of aromatic amines is 1. The molecule has 124 valence electrons. The van der Waals surface area contributed by atoms with Gasteiger partial charge in [0.2, 0.25) is 10.0 Å². The van der Waals surface area contributed by atoms with Gasteiger partial charge in [-0.05, 0) is 30.3 Å². The molecule has 0 bridgehead atoms. The molecule has 0 aliphatic carbocycles. The fourth-order valence-corrected chi connectivity index (χ4v) is 3.94. The van der Waals surface area contributed by atoms with E-state index in [2.05, 4.69) is 10.2 Å². The van der Waals surface area contributed by atoms with Crippen molar-refractivity contribution in [1.29, 1.82) is 5.26 Å². The molecular formula is C15H15N5O3S. The number of hydrogen-bond donors (Lipinski definition) is 1. The molecule has 0 radical (unpaired) electrons. The number of nitriles is 1. The maximum absolute atomic E-state index is 12.6. The molecule has 2 heterocycles. The Morgan fingerprint density at radius 2 is 1.71 bits per heavy atom. The Kier molecular flexibility index (Phi) is 4.33. The minimum Gasteiger partial charge on any atom is -0.353 e. The van der Waals surface area contributed by atoms with E-state index >= 15 is 0 Å². The van der Waals surface area contributed by atoms with Gasteiger partial charge in [0.1, 0.15) is 5.82 Å². The summed E-state index contributed by atoms with van der Waals surface area (Å²) in [6, 6.07) is 10.9. The molecule has 1 aromatic heterocycles. The van der Waals surface area contributed by atoms with Crippen LogP contribution < -0.4 is 10.5 Å². The summed E-state index contributed by atoms with van der Waals surface area (Å²) in [6.45, 7) is 1.61. The van der Waals surface area contributed by atoms with Gasteiger partial charge in [-0.25, -0.2) is 13.5 Å². The number of hydrogen-bond acceptors (Lipinski definition) is 6. The summed E-state index contributed by atoms with van der Waals surface area (Å²) >= 11 is 0. The van der Waals surface area contributed by atoms with Crippen LogP contribution in [0.15, 0.2) is 46.1 Å². The Balaban J connectivity index is 1.72. The summed E-state index contributed by atoms with van der Waals surface area (Å²) in [5.41, 5.74) is 0.142. The van der Waals surface area contributed by atoms with Crippen LogP contribution in [-0.2, 0) is 10.0 Å². The molecule has 24 heavy (non-hydrogen) atoms. The summed E-state index contributed by atoms with van der Waals surface area (Å²) in [7, 11) is -3.58. The summed E-state index contributed by atoms with van der Waals surface area (Å²) < 4.78 is 26.7. The van der Waals surface area contributed by atoms with E-state index in [1.807, 2.05) is 11.0 Å². The van der Waals surface area contributed by atoms with Gasteiger partial charge in [-0.2, -0.15) is 14.7 Å². The maximum atomic E-state index is 12.6. The van der Waals surface area contributed by atoms with E-state index < -0.39 is 10.0 Å². The third kappa shape index (κ3) is 3.15. The zero-order valence-corrected chi connectivity index (χ0v) is 13.5. The minimum atomic E-state index is -3.58. The van der Waals surface area contributed by atoms with E-state index in [0.29, 0.717) is 37.6 Å². The zero-order valence-electron chi connectivity index (χ0n) is 12.7. The average Bonchev–Trinajstić information content (AvgIpc) is 2.62. The third-order valence-electron chi connectivity index (χ3n) is 3.85. The van der Waals surface area contributed by atoms with Crippen LogP contribution in [0.1, 0.15) is 5.56 Å². The first-order valence-electron chi connectivity index (χ1n) is 7.32. The van der Waals surface area contributed by atoms with Crippen LogP contribution in [0, 0.1) is 11.3 Å². The monoisotopic (exact) mass is 345 g/mol. The number of H-pyrrole nitrogens is 1. The zero-order chi connectivity index (χ0) is 17.2. The topological polar surface area (TPSA) is 110 Å². The highest BCUT2D eigenvalue weighted by Crippen LogP contribution is 2.19. The summed E-state index contributed by atoms with van der Waals surface area (Å²) in [5, 5.41) is 15.1. The molecule has 2 aromatic rings. The summed E-state index contributed by atoms with van der Waals surface area (Å²) in [5.74, 6) is 0.616. The van der Waals surface area contributed by atoms with Gasteiger partial charge in [0.15, 0.2) is 0 Å². The van der Waals surface area contributed by atoms with Crippen molar-refractivity contribution in [3.63, 3.8) is 0 Å². The number of rotatable bonds is 3. The second-order valence-electron chi connectivity index (χ2n) is 5.31. The normalized spacial score (nSPS) is 15.9. The molecule has 1 fully saturated rings. The quantitative estimate of drug-likeness (QED) is 0.848. The molecule has 0 spiro atoms. The van der Waals surface area contributed by atoms with Crippen LogP contribution in [0.2, 0.25) is 0 Å². The van der Waals surface area contributed by atoms with Crippen molar-refractivity contribution in [3.8, 4) is 6.07 Å². The van der Waals surface area contributed by atoms with Gasteiger partial charge in [-0.15, -0.1) is 0 Å². The van der Waals surface area contributed by atoms with Crippen molar-refractivity contribution in [1.82, 2.24) is 14.5 Å². The van der Waals surface area contributed by atoms with Crippen molar-refractivity contribution in [3.05, 3.63) is 52.3 Å². The van der Waals surface area contributed by atoms with Crippen LogP contribution in [0.5, 0.6) is 0 Å². The van der Waals surface area contributed by atoms with E-state index in [4.69, 9.17) is 5.26 Å². The molecule has 9 heteroatoms. The fraction of sp³-hybridized carbons (Fsp3) is 0.267. The third-order valence-corrected chi connectivity index (χ3v) is 5.76. The van der Waals surface area contributed by atoms with E-state index in [-0.39, 0.29) is 10.5 Å². The molecule has 0 atom stereocenters. The average molecular weight is 345 g/mol. The first-order valence-corrected chi connectivity index (χ1v) is 8.76. The lowest BCUT2D eigenvalue weighted by atomic mass is 10.2. The van der Waals surface area contributed by atoms with E-state index in [0.717, 1.165) is 0 Å². The van der Waals surface area contributed by atoms with Gasteiger partial charge in [0.05, 0.1) is 16.5 Å². The number of nitrogens with one attached hydrogen (secondary N) is 1. The number of piperazine rings is 1. The van der Waals surface area contributed by atoms with Crippen LogP contribution in [0.25, 0.3) is 0 Å². The molecule has 8 nitrogen and oxygen atoms in total. The summed E-state index contributed by atoms with van der Waals surface area (Å²) in [4.78, 5) is 13.1. The Morgan fingerprint density at radius 1 is 1.04 bits per heavy atom. The second-order valence-corrected chi connectivity index (χ2v) is 7.24. The van der Waals surface area contributed by atoms with E-state index in [1.165, 1.54) is 34.6 Å². The van der Waals surface area contributed by atoms with Crippen molar-refractivity contribution in [2.24, 2.45) is 0 Å². The Labute approximate surface area is 139 Å². The number of benzene rings is 1. The largest absolute Gasteiger partial charge is 0.353 e. The molecule has 1 saturated heterocycles. The lowest BCUT2D eigenvalue weighted by Crippen LogP contribution is -2.49. The van der Waals surface area contributed by atoms with Crippen molar-refractivity contribution in [2.45, 2.75) is 4.90 Å². The van der Waals surface area contributed by atoms with E-state index in [9.17, 15) is 13.2 Å². The van der Waals surface area contributed by atoms with Gasteiger partial charge < -0.3 is 4.90 Å². The van der Waals surface area contributed by atoms with E-state index in [1.54, 1.807) is 6.07 Å². The Morgan fingerprint density at radius 3 is 2.25 bits per heavy atom. The molecule has 1 aromatic carbocycles. The molecule has 1 aliphatic rings. The lowest BCUT2D eigenvalue weighted by molar-refractivity contribution is 0.383. The predicted octanol–water partition coefficient (Wildman–Crippen LogP) is 0.152. The van der Waals surface area contributed by atoms with Gasteiger partial charge >= 0.3 is 0 Å². The highest BCUT2D eigenvalue weighted by atomic mass is 32.2. The van der Waals surface area contributed by atoms with Crippen molar-refractivity contribution < 1.29 is 8.42 Å². The Hall–Kier alpha value is -2.70. The number of aromatic nitrogens is 2. The van der Waals surface area contributed by atoms with Gasteiger partial charge in [-0.3, -0.25) is 4.79 Å². The van der Waals surface area contributed by atoms with Gasteiger partial charge in [0, 0.05) is 32.2 Å². The number of nitrogens with zero attached hydrogens (tertiary/aromatic N) is 4.